The molecule has 0 aromatic carbocycles. The molecule has 0 aromatic heterocycles. The first kappa shape index (κ1) is 9.92. The predicted molar refractivity (Wildman–Crippen MR) is 44.1 cm³/mol. The number of likely N-dealkylation sites (N-methyl/N-ethyl adjacent to an activating group) is 1. The highest BCUT2D eigenvalue weighted by molar-refractivity contribution is 4.59. The number of aliphatic hydroxyl groups is 1. The molecule has 0 fully saturated rings. The maximum Gasteiger partial charge on any atom is 0.0664 e. The summed E-state index contributed by atoms with van der Waals surface area (Å²) in [6.45, 7) is 9.14. The van der Waals surface area contributed by atoms with Gasteiger partial charge in [-0.15, -0.1) is 0 Å². The third kappa shape index (κ3) is 3.85. The molecule has 0 aliphatic rings. The Morgan fingerprint density at radius 3 is 2.00 bits per heavy atom. The largest absolute Gasteiger partial charge is 0.392 e. The summed E-state index contributed by atoms with van der Waals surface area (Å²) in [4.78, 5) is 2.23. The standard InChI is InChI=1S/C8H19NO/c1-4-8(10)7-9(5-2)6-3/h8,10H,4-7H2,1-3H3/t8-/m1/s1. The van der Waals surface area contributed by atoms with Crippen molar-refractivity contribution in [3.05, 3.63) is 0 Å². The molecule has 0 aliphatic carbocycles. The monoisotopic (exact) mass is 145 g/mol. The van der Waals surface area contributed by atoms with Crippen LogP contribution in [0.2, 0.25) is 0 Å². The van der Waals surface area contributed by atoms with E-state index in [1.807, 2.05) is 6.92 Å². The van der Waals surface area contributed by atoms with E-state index < -0.39 is 0 Å². The minimum absolute atomic E-state index is 0.139. The lowest BCUT2D eigenvalue weighted by atomic mass is 10.2. The maximum absolute atomic E-state index is 9.25. The molecule has 0 spiro atoms. The van der Waals surface area contributed by atoms with Crippen LogP contribution in [0.3, 0.4) is 0 Å². The fraction of sp³-hybridized carbons (Fsp3) is 1.00. The Balaban J connectivity index is 3.41. The van der Waals surface area contributed by atoms with Crippen molar-refractivity contribution in [2.24, 2.45) is 0 Å². The van der Waals surface area contributed by atoms with Crippen molar-refractivity contribution < 1.29 is 5.11 Å². The second-order valence-electron chi connectivity index (χ2n) is 2.55. The number of aliphatic hydroxyl groups excluding tert-OH is 1. The molecule has 0 saturated heterocycles. The molecular formula is C8H19NO. The van der Waals surface area contributed by atoms with Gasteiger partial charge in [0.1, 0.15) is 0 Å². The van der Waals surface area contributed by atoms with Crippen LogP contribution >= 0.6 is 0 Å². The Hall–Kier alpha value is -0.0800. The van der Waals surface area contributed by atoms with Crippen LogP contribution < -0.4 is 0 Å². The summed E-state index contributed by atoms with van der Waals surface area (Å²) in [5, 5.41) is 9.25. The first-order valence-electron chi connectivity index (χ1n) is 4.14. The fourth-order valence-corrected chi connectivity index (χ4v) is 0.909. The maximum atomic E-state index is 9.25. The van der Waals surface area contributed by atoms with Crippen LogP contribution in [0.4, 0.5) is 0 Å². The zero-order valence-electron chi connectivity index (χ0n) is 7.30. The van der Waals surface area contributed by atoms with E-state index in [9.17, 15) is 5.11 Å². The van der Waals surface area contributed by atoms with Crippen molar-refractivity contribution in [2.75, 3.05) is 19.6 Å². The van der Waals surface area contributed by atoms with Crippen molar-refractivity contribution in [1.82, 2.24) is 4.90 Å². The highest BCUT2D eigenvalue weighted by atomic mass is 16.3. The van der Waals surface area contributed by atoms with Gasteiger partial charge in [0, 0.05) is 6.54 Å². The van der Waals surface area contributed by atoms with Crippen LogP contribution in [-0.2, 0) is 0 Å². The summed E-state index contributed by atoms with van der Waals surface area (Å²) >= 11 is 0. The quantitative estimate of drug-likeness (QED) is 0.626. The van der Waals surface area contributed by atoms with E-state index in [-0.39, 0.29) is 6.10 Å². The third-order valence-corrected chi connectivity index (χ3v) is 1.83. The molecule has 1 atom stereocenters. The number of hydrogen-bond donors (Lipinski definition) is 1. The molecular weight excluding hydrogens is 126 g/mol. The van der Waals surface area contributed by atoms with Gasteiger partial charge in [-0.3, -0.25) is 0 Å². The Kier molecular flexibility index (Phi) is 5.64. The highest BCUT2D eigenvalue weighted by Crippen LogP contribution is 1.94. The number of nitrogens with zero attached hydrogens (tertiary/aromatic N) is 1. The van der Waals surface area contributed by atoms with Gasteiger partial charge >= 0.3 is 0 Å². The van der Waals surface area contributed by atoms with Crippen LogP contribution in [-0.4, -0.2) is 35.7 Å². The lowest BCUT2D eigenvalue weighted by Crippen LogP contribution is -2.31. The van der Waals surface area contributed by atoms with Gasteiger partial charge in [-0.1, -0.05) is 20.8 Å². The molecule has 0 amide bonds. The van der Waals surface area contributed by atoms with Crippen molar-refractivity contribution >= 4 is 0 Å². The smallest absolute Gasteiger partial charge is 0.0664 e. The predicted octanol–water partition coefficient (Wildman–Crippen LogP) is 1.10. The van der Waals surface area contributed by atoms with Gasteiger partial charge in [-0.25, -0.2) is 0 Å². The highest BCUT2D eigenvalue weighted by Gasteiger charge is 2.04. The molecule has 0 aliphatic heterocycles. The van der Waals surface area contributed by atoms with Crippen LogP contribution in [0.1, 0.15) is 27.2 Å². The molecule has 0 bridgehead atoms. The Morgan fingerprint density at radius 1 is 1.20 bits per heavy atom. The van der Waals surface area contributed by atoms with Crippen LogP contribution in [0.25, 0.3) is 0 Å². The van der Waals surface area contributed by atoms with Crippen molar-refractivity contribution in [1.29, 1.82) is 0 Å². The van der Waals surface area contributed by atoms with E-state index in [0.717, 1.165) is 26.1 Å². The summed E-state index contributed by atoms with van der Waals surface area (Å²) in [5.41, 5.74) is 0. The molecule has 0 unspecified atom stereocenters. The molecule has 2 nitrogen and oxygen atoms in total. The van der Waals surface area contributed by atoms with E-state index >= 15 is 0 Å². The summed E-state index contributed by atoms with van der Waals surface area (Å²) < 4.78 is 0. The fourth-order valence-electron chi connectivity index (χ4n) is 0.909. The summed E-state index contributed by atoms with van der Waals surface area (Å²) in [6.07, 6.45) is 0.719. The molecule has 2 heteroatoms. The van der Waals surface area contributed by atoms with Crippen molar-refractivity contribution in [3.63, 3.8) is 0 Å². The molecule has 0 heterocycles. The Bertz CT molecular complexity index is 71.7. The summed E-state index contributed by atoms with van der Waals surface area (Å²) in [5.74, 6) is 0. The molecule has 0 aromatic rings. The van der Waals surface area contributed by atoms with Crippen LogP contribution in [0, 0.1) is 0 Å². The molecule has 0 saturated carbocycles. The molecule has 10 heavy (non-hydrogen) atoms. The number of rotatable bonds is 5. The second-order valence-corrected chi connectivity index (χ2v) is 2.55. The van der Waals surface area contributed by atoms with Crippen molar-refractivity contribution in [3.8, 4) is 0 Å². The van der Waals surface area contributed by atoms with Crippen molar-refractivity contribution in [2.45, 2.75) is 33.3 Å². The van der Waals surface area contributed by atoms with Gasteiger partial charge in [0.15, 0.2) is 0 Å². The van der Waals surface area contributed by atoms with E-state index in [2.05, 4.69) is 18.7 Å². The average molecular weight is 145 g/mol. The SMILES string of the molecule is CC[C@@H](O)CN(CC)CC. The topological polar surface area (TPSA) is 23.5 Å². The van der Waals surface area contributed by atoms with Gasteiger partial charge in [0.05, 0.1) is 6.10 Å². The zero-order chi connectivity index (χ0) is 7.98. The zero-order valence-corrected chi connectivity index (χ0v) is 7.30. The number of hydrogen-bond acceptors (Lipinski definition) is 2. The van der Waals surface area contributed by atoms with E-state index in [1.54, 1.807) is 0 Å². The van der Waals surface area contributed by atoms with Gasteiger partial charge < -0.3 is 10.0 Å². The van der Waals surface area contributed by atoms with E-state index in [4.69, 9.17) is 0 Å². The van der Waals surface area contributed by atoms with E-state index in [1.165, 1.54) is 0 Å². The normalized spacial score (nSPS) is 14.1. The molecule has 62 valence electrons. The minimum Gasteiger partial charge on any atom is -0.392 e. The Morgan fingerprint density at radius 2 is 1.70 bits per heavy atom. The average Bonchev–Trinajstić information content (AvgIpc) is 1.99. The molecule has 0 rings (SSSR count). The van der Waals surface area contributed by atoms with Gasteiger partial charge in [0.25, 0.3) is 0 Å². The lowest BCUT2D eigenvalue weighted by Gasteiger charge is -2.20. The third-order valence-electron chi connectivity index (χ3n) is 1.83. The van der Waals surface area contributed by atoms with Crippen LogP contribution in [0.5, 0.6) is 0 Å². The van der Waals surface area contributed by atoms with Gasteiger partial charge in [-0.2, -0.15) is 0 Å². The summed E-state index contributed by atoms with van der Waals surface area (Å²) in [7, 11) is 0. The van der Waals surface area contributed by atoms with Gasteiger partial charge in [-0.05, 0) is 19.5 Å². The van der Waals surface area contributed by atoms with Crippen LogP contribution in [0.15, 0.2) is 0 Å². The first-order valence-corrected chi connectivity index (χ1v) is 4.14. The van der Waals surface area contributed by atoms with Gasteiger partial charge in [0.2, 0.25) is 0 Å². The second kappa shape index (κ2) is 5.69. The van der Waals surface area contributed by atoms with E-state index in [0.29, 0.717) is 0 Å². The lowest BCUT2D eigenvalue weighted by molar-refractivity contribution is 0.115. The minimum atomic E-state index is -0.139. The summed E-state index contributed by atoms with van der Waals surface area (Å²) in [6, 6.07) is 0. The molecule has 0 radical (unpaired) electrons. The Labute approximate surface area is 63.8 Å². The first-order chi connectivity index (χ1) is 4.74. The molecule has 1 N–H and O–H groups in total.